The normalized spacial score (nSPS) is 20.4. The van der Waals surface area contributed by atoms with E-state index in [9.17, 15) is 0 Å². The van der Waals surface area contributed by atoms with Gasteiger partial charge in [0.2, 0.25) is 0 Å². The Morgan fingerprint density at radius 3 is 2.11 bits per heavy atom. The standard InChI is InChI=1S/C13H21N5/c14-11-9-12(17-5-1-2-6-17)16-13(10-11)18-7-3-15-4-8-18/h9-10,15H,1-8H2,(H2,14,16). The molecule has 1 aromatic rings. The maximum Gasteiger partial charge on any atom is 0.133 e. The van der Waals surface area contributed by atoms with E-state index >= 15 is 0 Å². The summed E-state index contributed by atoms with van der Waals surface area (Å²) in [6.07, 6.45) is 2.53. The van der Waals surface area contributed by atoms with Crippen LogP contribution in [0.1, 0.15) is 12.8 Å². The highest BCUT2D eigenvalue weighted by Gasteiger charge is 2.17. The van der Waals surface area contributed by atoms with Gasteiger partial charge in [-0.25, -0.2) is 4.98 Å². The minimum Gasteiger partial charge on any atom is -0.399 e. The van der Waals surface area contributed by atoms with Crippen molar-refractivity contribution in [1.29, 1.82) is 0 Å². The van der Waals surface area contributed by atoms with E-state index in [0.29, 0.717) is 0 Å². The van der Waals surface area contributed by atoms with Crippen molar-refractivity contribution in [2.24, 2.45) is 0 Å². The quantitative estimate of drug-likeness (QED) is 0.804. The van der Waals surface area contributed by atoms with Gasteiger partial charge >= 0.3 is 0 Å². The largest absolute Gasteiger partial charge is 0.399 e. The molecule has 2 fully saturated rings. The van der Waals surface area contributed by atoms with Crippen molar-refractivity contribution >= 4 is 17.3 Å². The number of piperazine rings is 1. The summed E-state index contributed by atoms with van der Waals surface area (Å²) in [5.41, 5.74) is 6.84. The lowest BCUT2D eigenvalue weighted by Gasteiger charge is -2.29. The van der Waals surface area contributed by atoms with Crippen LogP contribution in [0, 0.1) is 0 Å². The van der Waals surface area contributed by atoms with Gasteiger partial charge in [-0.15, -0.1) is 0 Å². The summed E-state index contributed by atoms with van der Waals surface area (Å²) < 4.78 is 0. The fraction of sp³-hybridized carbons (Fsp3) is 0.615. The third-order valence-electron chi connectivity index (χ3n) is 3.69. The van der Waals surface area contributed by atoms with Crippen molar-refractivity contribution in [3.63, 3.8) is 0 Å². The molecular weight excluding hydrogens is 226 g/mol. The number of hydrogen-bond acceptors (Lipinski definition) is 5. The van der Waals surface area contributed by atoms with Crippen LogP contribution in [0.4, 0.5) is 17.3 Å². The number of nitrogen functional groups attached to an aromatic ring is 1. The Labute approximate surface area is 108 Å². The molecule has 5 heteroatoms. The Kier molecular flexibility index (Phi) is 3.23. The van der Waals surface area contributed by atoms with Gasteiger partial charge in [0, 0.05) is 57.1 Å². The molecule has 0 saturated carbocycles. The predicted molar refractivity (Wildman–Crippen MR) is 75.2 cm³/mol. The Hall–Kier alpha value is -1.49. The van der Waals surface area contributed by atoms with Crippen LogP contribution >= 0.6 is 0 Å². The number of rotatable bonds is 2. The Morgan fingerprint density at radius 2 is 1.50 bits per heavy atom. The summed E-state index contributed by atoms with van der Waals surface area (Å²) in [4.78, 5) is 9.43. The molecule has 0 atom stereocenters. The number of hydrogen-bond donors (Lipinski definition) is 2. The van der Waals surface area contributed by atoms with E-state index in [-0.39, 0.29) is 0 Å². The minimum absolute atomic E-state index is 0.820. The van der Waals surface area contributed by atoms with Crippen LogP contribution in [0.3, 0.4) is 0 Å². The van der Waals surface area contributed by atoms with Crippen molar-refractivity contribution < 1.29 is 0 Å². The minimum atomic E-state index is 0.820. The Bertz CT molecular complexity index is 408. The zero-order chi connectivity index (χ0) is 12.4. The van der Waals surface area contributed by atoms with Gasteiger partial charge in [0.15, 0.2) is 0 Å². The van der Waals surface area contributed by atoms with E-state index in [1.165, 1.54) is 12.8 Å². The maximum atomic E-state index is 6.02. The summed E-state index contributed by atoms with van der Waals surface area (Å²) in [6, 6.07) is 3.99. The molecule has 0 radical (unpaired) electrons. The first kappa shape index (κ1) is 11.6. The summed E-state index contributed by atoms with van der Waals surface area (Å²) in [6.45, 7) is 6.28. The predicted octanol–water partition coefficient (Wildman–Crippen LogP) is 0.674. The van der Waals surface area contributed by atoms with Crippen LogP contribution in [0.5, 0.6) is 0 Å². The molecule has 0 aliphatic carbocycles. The molecule has 3 N–H and O–H groups in total. The second-order valence-corrected chi connectivity index (χ2v) is 5.05. The fourth-order valence-corrected chi connectivity index (χ4v) is 2.69. The molecule has 3 rings (SSSR count). The first-order valence-electron chi connectivity index (χ1n) is 6.81. The highest BCUT2D eigenvalue weighted by atomic mass is 15.3. The third kappa shape index (κ3) is 2.36. The molecule has 1 aromatic heterocycles. The highest BCUT2D eigenvalue weighted by molar-refractivity contribution is 5.60. The Morgan fingerprint density at radius 1 is 0.944 bits per heavy atom. The Balaban J connectivity index is 1.84. The number of nitrogens with zero attached hydrogens (tertiary/aromatic N) is 3. The zero-order valence-electron chi connectivity index (χ0n) is 10.7. The van der Waals surface area contributed by atoms with Crippen LogP contribution in [0.25, 0.3) is 0 Å². The molecular formula is C13H21N5. The van der Waals surface area contributed by atoms with Gasteiger partial charge in [0.1, 0.15) is 11.6 Å². The molecule has 5 nitrogen and oxygen atoms in total. The molecule has 0 bridgehead atoms. The van der Waals surface area contributed by atoms with Gasteiger partial charge in [0.25, 0.3) is 0 Å². The van der Waals surface area contributed by atoms with Gasteiger partial charge in [-0.2, -0.15) is 0 Å². The van der Waals surface area contributed by atoms with E-state index in [2.05, 4.69) is 15.1 Å². The number of anilines is 3. The van der Waals surface area contributed by atoms with Gasteiger partial charge in [-0.05, 0) is 12.8 Å². The van der Waals surface area contributed by atoms with Crippen LogP contribution in [0.2, 0.25) is 0 Å². The van der Waals surface area contributed by atoms with Crippen LogP contribution in [-0.4, -0.2) is 44.3 Å². The van der Waals surface area contributed by atoms with Crippen LogP contribution in [0.15, 0.2) is 12.1 Å². The van der Waals surface area contributed by atoms with Gasteiger partial charge in [-0.3, -0.25) is 0 Å². The summed E-state index contributed by atoms with van der Waals surface area (Å²) >= 11 is 0. The van der Waals surface area contributed by atoms with Crippen molar-refractivity contribution in [1.82, 2.24) is 10.3 Å². The van der Waals surface area contributed by atoms with E-state index in [4.69, 9.17) is 10.7 Å². The van der Waals surface area contributed by atoms with Crippen molar-refractivity contribution in [2.45, 2.75) is 12.8 Å². The van der Waals surface area contributed by atoms with Crippen LogP contribution < -0.4 is 20.9 Å². The molecule has 3 heterocycles. The lowest BCUT2D eigenvalue weighted by atomic mass is 10.3. The third-order valence-corrected chi connectivity index (χ3v) is 3.69. The molecule has 0 unspecified atom stereocenters. The molecule has 98 valence electrons. The maximum absolute atomic E-state index is 6.02. The monoisotopic (exact) mass is 247 g/mol. The van der Waals surface area contributed by atoms with Gasteiger partial charge in [0.05, 0.1) is 0 Å². The molecule has 2 aliphatic heterocycles. The van der Waals surface area contributed by atoms with E-state index < -0.39 is 0 Å². The number of nitrogens with one attached hydrogen (secondary N) is 1. The topological polar surface area (TPSA) is 57.4 Å². The second kappa shape index (κ2) is 5.02. The van der Waals surface area contributed by atoms with E-state index in [1.54, 1.807) is 0 Å². The number of pyridine rings is 1. The fourth-order valence-electron chi connectivity index (χ4n) is 2.69. The van der Waals surface area contributed by atoms with E-state index in [0.717, 1.165) is 56.6 Å². The molecule has 0 aromatic carbocycles. The van der Waals surface area contributed by atoms with E-state index in [1.807, 2.05) is 12.1 Å². The molecule has 0 spiro atoms. The van der Waals surface area contributed by atoms with Crippen molar-refractivity contribution in [3.8, 4) is 0 Å². The van der Waals surface area contributed by atoms with Crippen molar-refractivity contribution in [2.75, 3.05) is 54.8 Å². The number of aromatic nitrogens is 1. The number of nitrogens with two attached hydrogens (primary N) is 1. The average Bonchev–Trinajstić information content (AvgIpc) is 2.93. The summed E-state index contributed by atoms with van der Waals surface area (Å²) in [5, 5.41) is 3.36. The summed E-state index contributed by atoms with van der Waals surface area (Å²) in [7, 11) is 0. The molecule has 2 aliphatic rings. The van der Waals surface area contributed by atoms with Crippen molar-refractivity contribution in [3.05, 3.63) is 12.1 Å². The zero-order valence-corrected chi connectivity index (χ0v) is 10.7. The van der Waals surface area contributed by atoms with Gasteiger partial charge in [-0.1, -0.05) is 0 Å². The highest BCUT2D eigenvalue weighted by Crippen LogP contribution is 2.25. The SMILES string of the molecule is Nc1cc(N2CCCC2)nc(N2CCNCC2)c1. The lowest BCUT2D eigenvalue weighted by molar-refractivity contribution is 0.585. The average molecular weight is 247 g/mol. The molecule has 0 amide bonds. The first-order valence-corrected chi connectivity index (χ1v) is 6.81. The van der Waals surface area contributed by atoms with Crippen LogP contribution in [-0.2, 0) is 0 Å². The smallest absolute Gasteiger partial charge is 0.133 e. The lowest BCUT2D eigenvalue weighted by Crippen LogP contribution is -2.44. The molecule has 18 heavy (non-hydrogen) atoms. The second-order valence-electron chi connectivity index (χ2n) is 5.05. The van der Waals surface area contributed by atoms with Gasteiger partial charge < -0.3 is 20.9 Å². The summed E-state index contributed by atoms with van der Waals surface area (Å²) in [5.74, 6) is 2.07. The molecule has 2 saturated heterocycles. The first-order chi connectivity index (χ1) is 8.83.